The van der Waals surface area contributed by atoms with Gasteiger partial charge in [-0.25, -0.2) is 13.8 Å². The number of nitro groups is 1. The van der Waals surface area contributed by atoms with Crippen LogP contribution in [0.2, 0.25) is 0 Å². The van der Waals surface area contributed by atoms with E-state index in [2.05, 4.69) is 9.97 Å². The van der Waals surface area contributed by atoms with Crippen molar-refractivity contribution in [1.82, 2.24) is 9.97 Å². The van der Waals surface area contributed by atoms with Gasteiger partial charge in [-0.1, -0.05) is 0 Å². The lowest BCUT2D eigenvalue weighted by Crippen LogP contribution is -1.94. The first-order valence-corrected chi connectivity index (χ1v) is 6.54. The normalized spacial score (nSPS) is 19.9. The molecule has 0 N–H and O–H groups in total. The van der Waals surface area contributed by atoms with Gasteiger partial charge >= 0.3 is 5.88 Å². The predicted octanol–water partition coefficient (Wildman–Crippen LogP) is 3.22. The number of fused-ring (bicyclic) bond motifs is 1. The van der Waals surface area contributed by atoms with Gasteiger partial charge in [0.25, 0.3) is 0 Å². The highest BCUT2D eigenvalue weighted by Gasteiger charge is 2.46. The van der Waals surface area contributed by atoms with Crippen LogP contribution in [0.1, 0.15) is 23.7 Å². The van der Waals surface area contributed by atoms with Crippen molar-refractivity contribution in [3.8, 4) is 0 Å². The molecule has 1 fully saturated rings. The van der Waals surface area contributed by atoms with Gasteiger partial charge in [0.05, 0.1) is 29.0 Å². The SMILES string of the molecule is O=[N+]([O-])c1ccc(C2OC2c2cnc3cc(F)c(F)cc3n2)o1. The van der Waals surface area contributed by atoms with Gasteiger partial charge in [0, 0.05) is 12.1 Å². The molecule has 2 unspecified atom stereocenters. The van der Waals surface area contributed by atoms with Crippen molar-refractivity contribution in [3.63, 3.8) is 0 Å². The summed E-state index contributed by atoms with van der Waals surface area (Å²) < 4.78 is 36.9. The molecule has 1 aromatic carbocycles. The van der Waals surface area contributed by atoms with E-state index < -0.39 is 28.8 Å². The van der Waals surface area contributed by atoms with Crippen LogP contribution in [0.5, 0.6) is 0 Å². The number of nitrogens with zero attached hydrogens (tertiary/aromatic N) is 3. The van der Waals surface area contributed by atoms with E-state index in [4.69, 9.17) is 9.15 Å². The summed E-state index contributed by atoms with van der Waals surface area (Å²) in [5.41, 5.74) is 0.826. The monoisotopic (exact) mass is 319 g/mol. The van der Waals surface area contributed by atoms with E-state index >= 15 is 0 Å². The molecule has 116 valence electrons. The van der Waals surface area contributed by atoms with E-state index in [9.17, 15) is 18.9 Å². The van der Waals surface area contributed by atoms with Crippen LogP contribution < -0.4 is 0 Å². The second kappa shape index (κ2) is 4.78. The first-order chi connectivity index (χ1) is 11.0. The van der Waals surface area contributed by atoms with Crippen LogP contribution in [-0.2, 0) is 4.74 Å². The summed E-state index contributed by atoms with van der Waals surface area (Å²) >= 11 is 0. The summed E-state index contributed by atoms with van der Waals surface area (Å²) in [6.07, 6.45) is 0.383. The van der Waals surface area contributed by atoms with Crippen LogP contribution in [0, 0.1) is 21.7 Å². The zero-order valence-electron chi connectivity index (χ0n) is 11.3. The summed E-state index contributed by atoms with van der Waals surface area (Å²) in [5.74, 6) is -2.09. The Kier molecular flexibility index (Phi) is 2.85. The Morgan fingerprint density at radius 2 is 1.87 bits per heavy atom. The number of furan rings is 1. The van der Waals surface area contributed by atoms with Crippen molar-refractivity contribution >= 4 is 16.9 Å². The van der Waals surface area contributed by atoms with Crippen molar-refractivity contribution in [2.75, 3.05) is 0 Å². The Labute approximate surface area is 126 Å². The average Bonchev–Trinajstić information content (AvgIpc) is 3.16. The third kappa shape index (κ3) is 2.30. The first-order valence-electron chi connectivity index (χ1n) is 6.54. The van der Waals surface area contributed by atoms with Crippen LogP contribution in [0.25, 0.3) is 11.0 Å². The van der Waals surface area contributed by atoms with Crippen molar-refractivity contribution in [1.29, 1.82) is 0 Å². The van der Waals surface area contributed by atoms with Gasteiger partial charge in [-0.2, -0.15) is 0 Å². The van der Waals surface area contributed by atoms with E-state index in [1.165, 1.54) is 18.3 Å². The minimum absolute atomic E-state index is 0.195. The maximum atomic E-state index is 13.3. The highest BCUT2D eigenvalue weighted by atomic mass is 19.2. The molecule has 9 heteroatoms. The molecule has 0 spiro atoms. The van der Waals surface area contributed by atoms with Crippen molar-refractivity contribution < 1.29 is 22.9 Å². The summed E-state index contributed by atoms with van der Waals surface area (Å²) in [7, 11) is 0. The first kappa shape index (κ1) is 13.7. The Morgan fingerprint density at radius 3 is 2.57 bits per heavy atom. The smallest absolute Gasteiger partial charge is 0.403 e. The lowest BCUT2D eigenvalue weighted by molar-refractivity contribution is -0.402. The number of benzene rings is 1. The van der Waals surface area contributed by atoms with Gasteiger partial charge < -0.3 is 9.15 Å². The molecule has 0 radical (unpaired) electrons. The average molecular weight is 319 g/mol. The highest BCUT2D eigenvalue weighted by molar-refractivity contribution is 5.74. The number of rotatable bonds is 3. The van der Waals surface area contributed by atoms with E-state index in [0.29, 0.717) is 11.5 Å². The number of hydrogen-bond acceptors (Lipinski definition) is 6. The Bertz CT molecular complexity index is 943. The standard InChI is InChI=1S/C14H7F2N3O4/c15-6-3-8-9(4-7(6)16)18-10(5-17-8)13-14(23-13)11-1-2-12(22-11)19(20)21/h1-5,13-14H. The molecule has 7 nitrogen and oxygen atoms in total. The molecule has 0 aliphatic carbocycles. The van der Waals surface area contributed by atoms with Gasteiger partial charge in [0.1, 0.15) is 22.9 Å². The molecule has 0 bridgehead atoms. The molecule has 2 aromatic heterocycles. The molecule has 4 rings (SSSR count). The van der Waals surface area contributed by atoms with Crippen LogP contribution >= 0.6 is 0 Å². The maximum absolute atomic E-state index is 13.3. The fourth-order valence-electron chi connectivity index (χ4n) is 2.31. The van der Waals surface area contributed by atoms with Crippen molar-refractivity contribution in [2.45, 2.75) is 12.2 Å². The molecule has 1 saturated heterocycles. The molecule has 23 heavy (non-hydrogen) atoms. The molecule has 3 aromatic rings. The molecule has 1 aliphatic rings. The minimum atomic E-state index is -1.01. The van der Waals surface area contributed by atoms with Gasteiger partial charge in [-0.05, 0) is 6.07 Å². The van der Waals surface area contributed by atoms with Crippen LogP contribution in [0.3, 0.4) is 0 Å². The van der Waals surface area contributed by atoms with Crippen molar-refractivity contribution in [2.24, 2.45) is 0 Å². The molecular weight excluding hydrogens is 312 g/mol. The van der Waals surface area contributed by atoms with Gasteiger partial charge in [0.15, 0.2) is 11.6 Å². The number of epoxide rings is 1. The van der Waals surface area contributed by atoms with Crippen LogP contribution in [-0.4, -0.2) is 14.9 Å². The zero-order chi connectivity index (χ0) is 16.1. The number of ether oxygens (including phenoxy) is 1. The van der Waals surface area contributed by atoms with Gasteiger partial charge in [-0.3, -0.25) is 15.1 Å². The minimum Gasteiger partial charge on any atom is -0.403 e. The fraction of sp³-hybridized carbons (Fsp3) is 0.143. The molecule has 3 heterocycles. The topological polar surface area (TPSA) is 94.6 Å². The quantitative estimate of drug-likeness (QED) is 0.418. The summed E-state index contributed by atoms with van der Waals surface area (Å²) in [6.45, 7) is 0. The lowest BCUT2D eigenvalue weighted by Gasteiger charge is -2.00. The van der Waals surface area contributed by atoms with E-state index in [1.807, 2.05) is 0 Å². The number of halogens is 2. The highest BCUT2D eigenvalue weighted by Crippen LogP contribution is 2.51. The Morgan fingerprint density at radius 1 is 1.13 bits per heavy atom. The van der Waals surface area contributed by atoms with E-state index in [0.717, 1.165) is 12.1 Å². The zero-order valence-corrected chi connectivity index (χ0v) is 11.3. The van der Waals surface area contributed by atoms with Crippen LogP contribution in [0.4, 0.5) is 14.7 Å². The molecular formula is C14H7F2N3O4. The van der Waals surface area contributed by atoms with Crippen LogP contribution in [0.15, 0.2) is 34.9 Å². The maximum Gasteiger partial charge on any atom is 0.433 e. The predicted molar refractivity (Wildman–Crippen MR) is 71.4 cm³/mol. The molecule has 1 aliphatic heterocycles. The van der Waals surface area contributed by atoms with E-state index in [1.54, 1.807) is 0 Å². The summed E-state index contributed by atoms with van der Waals surface area (Å²) in [4.78, 5) is 18.2. The molecule has 2 atom stereocenters. The second-order valence-electron chi connectivity index (χ2n) is 4.96. The Hall–Kier alpha value is -2.94. The second-order valence-corrected chi connectivity index (χ2v) is 4.96. The largest absolute Gasteiger partial charge is 0.433 e. The molecule has 0 amide bonds. The fourth-order valence-corrected chi connectivity index (χ4v) is 2.31. The number of aromatic nitrogens is 2. The summed E-state index contributed by atoms with van der Waals surface area (Å²) in [5, 5.41) is 10.6. The summed E-state index contributed by atoms with van der Waals surface area (Å²) in [6, 6.07) is 4.60. The third-order valence-electron chi connectivity index (χ3n) is 3.46. The van der Waals surface area contributed by atoms with E-state index in [-0.39, 0.29) is 16.9 Å². The third-order valence-corrected chi connectivity index (χ3v) is 3.46. The molecule has 0 saturated carbocycles. The van der Waals surface area contributed by atoms with Gasteiger partial charge in [-0.15, -0.1) is 0 Å². The lowest BCUT2D eigenvalue weighted by atomic mass is 10.2. The van der Waals surface area contributed by atoms with Crippen molar-refractivity contribution in [3.05, 3.63) is 63.7 Å². The van der Waals surface area contributed by atoms with Gasteiger partial charge in [0.2, 0.25) is 0 Å². The number of hydrogen-bond donors (Lipinski definition) is 0. The Balaban J connectivity index is 1.63.